The summed E-state index contributed by atoms with van der Waals surface area (Å²) in [4.78, 5) is 41.7. The molecule has 2 N–H and O–H groups in total. The van der Waals surface area contributed by atoms with Crippen LogP contribution in [0.15, 0.2) is 88.3 Å². The summed E-state index contributed by atoms with van der Waals surface area (Å²) in [6, 6.07) is 21.9. The minimum atomic E-state index is -0.326. The lowest BCUT2D eigenvalue weighted by molar-refractivity contribution is -0.137. The van der Waals surface area contributed by atoms with Crippen molar-refractivity contribution in [2.24, 2.45) is 5.92 Å². The predicted octanol–water partition coefficient (Wildman–Crippen LogP) is 6.51. The van der Waals surface area contributed by atoms with E-state index in [0.29, 0.717) is 34.4 Å². The minimum absolute atomic E-state index is 0.141. The monoisotopic (exact) mass is 543 g/mol. The maximum Gasteiger partial charge on any atom is 0.278 e. The molecule has 3 aromatic rings. The van der Waals surface area contributed by atoms with Crippen LogP contribution in [0.3, 0.4) is 0 Å². The summed E-state index contributed by atoms with van der Waals surface area (Å²) in [5, 5.41) is 6.08. The molecule has 0 spiro atoms. The SMILES string of the molecule is COc1ccc(C(=O)Nc2ccc(SC3=C(Nc4ccc(C(C)C)cc4)C(=O)N(CC(C)C)C3=O)cc2)cc1. The van der Waals surface area contributed by atoms with Gasteiger partial charge < -0.3 is 15.4 Å². The molecule has 202 valence electrons. The topological polar surface area (TPSA) is 87.7 Å². The van der Waals surface area contributed by atoms with Gasteiger partial charge in [0.05, 0.1) is 7.11 Å². The Morgan fingerprint density at radius 3 is 2.03 bits per heavy atom. The van der Waals surface area contributed by atoms with Crippen molar-refractivity contribution in [2.45, 2.75) is 38.5 Å². The fourth-order valence-corrected chi connectivity index (χ4v) is 5.00. The number of imide groups is 1. The van der Waals surface area contributed by atoms with Crippen molar-refractivity contribution in [3.05, 3.63) is 94.5 Å². The molecule has 0 saturated carbocycles. The van der Waals surface area contributed by atoms with Crippen LogP contribution in [0, 0.1) is 5.92 Å². The molecule has 0 atom stereocenters. The molecular weight excluding hydrogens is 510 g/mol. The summed E-state index contributed by atoms with van der Waals surface area (Å²) in [7, 11) is 1.57. The van der Waals surface area contributed by atoms with Gasteiger partial charge in [0, 0.05) is 28.4 Å². The van der Waals surface area contributed by atoms with Crippen molar-refractivity contribution in [1.29, 1.82) is 0 Å². The van der Waals surface area contributed by atoms with Crippen LogP contribution in [0.5, 0.6) is 5.75 Å². The fourth-order valence-electron chi connectivity index (χ4n) is 4.06. The number of hydrogen-bond donors (Lipinski definition) is 2. The zero-order valence-corrected chi connectivity index (χ0v) is 23.6. The molecule has 1 heterocycles. The van der Waals surface area contributed by atoms with Gasteiger partial charge in [-0.3, -0.25) is 19.3 Å². The number of nitrogens with zero attached hydrogens (tertiary/aromatic N) is 1. The van der Waals surface area contributed by atoms with E-state index in [0.717, 1.165) is 10.6 Å². The number of nitrogens with one attached hydrogen (secondary N) is 2. The lowest BCUT2D eigenvalue weighted by Gasteiger charge is -2.17. The average molecular weight is 544 g/mol. The van der Waals surface area contributed by atoms with E-state index in [1.165, 1.54) is 22.2 Å². The van der Waals surface area contributed by atoms with Crippen LogP contribution in [-0.4, -0.2) is 36.3 Å². The lowest BCUT2D eigenvalue weighted by atomic mass is 10.0. The van der Waals surface area contributed by atoms with Gasteiger partial charge in [-0.1, -0.05) is 51.6 Å². The van der Waals surface area contributed by atoms with Gasteiger partial charge in [-0.15, -0.1) is 0 Å². The van der Waals surface area contributed by atoms with Gasteiger partial charge in [0.25, 0.3) is 17.7 Å². The molecule has 0 saturated heterocycles. The quantitative estimate of drug-likeness (QED) is 0.284. The Morgan fingerprint density at radius 2 is 1.46 bits per heavy atom. The summed E-state index contributed by atoms with van der Waals surface area (Å²) in [5.74, 6) is 0.337. The molecule has 1 aliphatic heterocycles. The average Bonchev–Trinajstić information content (AvgIpc) is 3.13. The van der Waals surface area contributed by atoms with Crippen molar-refractivity contribution in [3.8, 4) is 5.75 Å². The number of thioether (sulfide) groups is 1. The molecule has 0 aromatic heterocycles. The van der Waals surface area contributed by atoms with Gasteiger partial charge in [0.2, 0.25) is 0 Å². The van der Waals surface area contributed by atoms with Crippen LogP contribution in [0.1, 0.15) is 49.5 Å². The smallest absolute Gasteiger partial charge is 0.278 e. The number of methoxy groups -OCH3 is 1. The Morgan fingerprint density at radius 1 is 0.846 bits per heavy atom. The van der Waals surface area contributed by atoms with E-state index in [1.807, 2.05) is 50.2 Å². The van der Waals surface area contributed by atoms with Crippen LogP contribution in [0.25, 0.3) is 0 Å². The number of carbonyl (C=O) groups excluding carboxylic acids is 3. The maximum absolute atomic E-state index is 13.3. The van der Waals surface area contributed by atoms with Gasteiger partial charge in [0.1, 0.15) is 16.4 Å². The van der Waals surface area contributed by atoms with E-state index in [-0.39, 0.29) is 29.3 Å². The van der Waals surface area contributed by atoms with Gasteiger partial charge in [-0.05, 0) is 78.1 Å². The van der Waals surface area contributed by atoms with Crippen LogP contribution in [0.4, 0.5) is 11.4 Å². The molecular formula is C31H33N3O4S. The van der Waals surface area contributed by atoms with E-state index >= 15 is 0 Å². The second-order valence-corrected chi connectivity index (χ2v) is 11.1. The third kappa shape index (κ3) is 6.70. The second-order valence-electron chi connectivity index (χ2n) is 10.0. The lowest BCUT2D eigenvalue weighted by Crippen LogP contribution is -2.35. The first-order chi connectivity index (χ1) is 18.7. The minimum Gasteiger partial charge on any atom is -0.497 e. The second kappa shape index (κ2) is 12.2. The molecule has 39 heavy (non-hydrogen) atoms. The van der Waals surface area contributed by atoms with E-state index in [9.17, 15) is 14.4 Å². The molecule has 4 rings (SSSR count). The first kappa shape index (κ1) is 28.0. The van der Waals surface area contributed by atoms with Crippen LogP contribution < -0.4 is 15.4 Å². The third-order valence-corrected chi connectivity index (χ3v) is 7.29. The largest absolute Gasteiger partial charge is 0.497 e. The van der Waals surface area contributed by atoms with Gasteiger partial charge >= 0.3 is 0 Å². The predicted molar refractivity (Wildman–Crippen MR) is 156 cm³/mol. The van der Waals surface area contributed by atoms with E-state index in [4.69, 9.17) is 4.74 Å². The van der Waals surface area contributed by atoms with Gasteiger partial charge in [0.15, 0.2) is 0 Å². The van der Waals surface area contributed by atoms with Crippen LogP contribution in [0.2, 0.25) is 0 Å². The Kier molecular flexibility index (Phi) is 8.76. The standard InChI is InChI=1S/C31H33N3O4S/c1-19(2)18-34-30(36)27(32-23-10-6-21(7-11-23)20(3)4)28(31(34)37)39-26-16-12-24(13-17-26)33-29(35)22-8-14-25(38-5)15-9-22/h6-17,19-20,32H,18H2,1-5H3,(H,33,35). The van der Waals surface area contributed by atoms with Crippen molar-refractivity contribution in [2.75, 3.05) is 24.3 Å². The van der Waals surface area contributed by atoms with Crippen molar-refractivity contribution in [1.82, 2.24) is 4.90 Å². The molecule has 0 unspecified atom stereocenters. The zero-order chi connectivity index (χ0) is 28.1. The maximum atomic E-state index is 13.3. The van der Waals surface area contributed by atoms with E-state index < -0.39 is 0 Å². The highest BCUT2D eigenvalue weighted by Crippen LogP contribution is 2.36. The van der Waals surface area contributed by atoms with Crippen LogP contribution in [-0.2, 0) is 9.59 Å². The molecule has 3 aromatic carbocycles. The number of carbonyl (C=O) groups is 3. The number of rotatable bonds is 10. The van der Waals surface area contributed by atoms with Crippen molar-refractivity contribution < 1.29 is 19.1 Å². The fraction of sp³-hybridized carbons (Fsp3) is 0.258. The molecule has 0 fully saturated rings. The first-order valence-corrected chi connectivity index (χ1v) is 13.7. The molecule has 0 bridgehead atoms. The summed E-state index contributed by atoms with van der Waals surface area (Å²) >= 11 is 1.24. The molecule has 8 heteroatoms. The van der Waals surface area contributed by atoms with Crippen LogP contribution >= 0.6 is 11.8 Å². The highest BCUT2D eigenvalue weighted by atomic mass is 32.2. The number of hydrogen-bond acceptors (Lipinski definition) is 6. The Labute approximate surface area is 233 Å². The molecule has 0 radical (unpaired) electrons. The molecule has 0 aliphatic carbocycles. The molecule has 7 nitrogen and oxygen atoms in total. The first-order valence-electron chi connectivity index (χ1n) is 12.9. The number of benzene rings is 3. The summed E-state index contributed by atoms with van der Waals surface area (Å²) in [5.41, 5.74) is 3.35. The van der Waals surface area contributed by atoms with E-state index in [1.54, 1.807) is 43.5 Å². The van der Waals surface area contributed by atoms with E-state index in [2.05, 4.69) is 24.5 Å². The summed E-state index contributed by atoms with van der Waals surface area (Å²) < 4.78 is 5.14. The Hall–Kier alpha value is -4.04. The highest BCUT2D eigenvalue weighted by Gasteiger charge is 2.39. The summed E-state index contributed by atoms with van der Waals surface area (Å²) in [6.45, 7) is 8.54. The summed E-state index contributed by atoms with van der Waals surface area (Å²) in [6.07, 6.45) is 0. The van der Waals surface area contributed by atoms with Gasteiger partial charge in [-0.25, -0.2) is 0 Å². The molecule has 1 aliphatic rings. The number of ether oxygens (including phenoxy) is 1. The molecule has 3 amide bonds. The van der Waals surface area contributed by atoms with Crippen molar-refractivity contribution in [3.63, 3.8) is 0 Å². The van der Waals surface area contributed by atoms with Gasteiger partial charge in [-0.2, -0.15) is 0 Å². The third-order valence-electron chi connectivity index (χ3n) is 6.20. The normalized spacial score (nSPS) is 13.5. The van der Waals surface area contributed by atoms with Crippen molar-refractivity contribution >= 4 is 40.9 Å². The Balaban J connectivity index is 1.53. The number of amides is 3. The Bertz CT molecular complexity index is 1380. The highest BCUT2D eigenvalue weighted by molar-refractivity contribution is 8.04. The zero-order valence-electron chi connectivity index (χ0n) is 22.8. The number of anilines is 2.